The van der Waals surface area contributed by atoms with Gasteiger partial charge in [0.05, 0.1) is 12.9 Å². The van der Waals surface area contributed by atoms with Crippen LogP contribution in [0.4, 0.5) is 5.95 Å². The van der Waals surface area contributed by atoms with Crippen molar-refractivity contribution in [1.82, 2.24) is 19.5 Å². The van der Waals surface area contributed by atoms with Crippen molar-refractivity contribution in [2.24, 2.45) is 0 Å². The molecule has 0 saturated carbocycles. The Hall–Kier alpha value is 1.44. The number of aliphatic hydroxyl groups excluding tert-OH is 2. The van der Waals surface area contributed by atoms with Gasteiger partial charge in [0, 0.05) is 0 Å². The first-order valence-corrected chi connectivity index (χ1v) is 12.5. The molecule has 1 aliphatic heterocycles. The van der Waals surface area contributed by atoms with Crippen LogP contribution in [0.15, 0.2) is 11.1 Å². The molecule has 2 aromatic rings. The van der Waals surface area contributed by atoms with Crippen molar-refractivity contribution in [3.63, 3.8) is 0 Å². The zero-order valence-electron chi connectivity index (χ0n) is 18.2. The van der Waals surface area contributed by atoms with Crippen molar-refractivity contribution in [3.8, 4) is 0 Å². The fraction of sp³-hybridized carbons (Fsp3) is 0.500. The maximum absolute atomic E-state index is 11.8. The van der Waals surface area contributed by atoms with E-state index >= 15 is 0 Å². The maximum atomic E-state index is 11.8. The number of nitrogens with zero attached hydrogens (tertiary/aromatic N) is 3. The molecule has 3 heterocycles. The van der Waals surface area contributed by atoms with Crippen molar-refractivity contribution < 1.29 is 150 Å². The van der Waals surface area contributed by atoms with Gasteiger partial charge in [0.15, 0.2) is 17.4 Å². The Balaban J connectivity index is 0.00000385. The molecule has 0 amide bonds. The van der Waals surface area contributed by atoms with Gasteiger partial charge in [-0.1, -0.05) is 0 Å². The molecule has 0 bridgehead atoms. The first kappa shape index (κ1) is 36.4. The smallest absolute Gasteiger partial charge is 0.756 e. The predicted molar refractivity (Wildman–Crippen MR) is 91.6 cm³/mol. The summed E-state index contributed by atoms with van der Waals surface area (Å²) < 4.78 is 50.3. The van der Waals surface area contributed by atoms with Crippen LogP contribution in [-0.2, 0) is 31.6 Å². The number of aromatic nitrogens is 4. The molecule has 0 aromatic carbocycles. The van der Waals surface area contributed by atoms with Crippen molar-refractivity contribution in [3.05, 3.63) is 16.7 Å². The second-order valence-corrected chi connectivity index (χ2v) is 10.4. The van der Waals surface area contributed by atoms with Gasteiger partial charge in [0.1, 0.15) is 18.3 Å². The largest absolute Gasteiger partial charge is 1.00 e. The maximum Gasteiger partial charge on any atom is 1.00 e. The van der Waals surface area contributed by atoms with E-state index in [-0.39, 0.29) is 106 Å². The molecule has 0 spiro atoms. The average Bonchev–Trinajstić information content (AvgIpc) is 3.12. The van der Waals surface area contributed by atoms with Gasteiger partial charge in [-0.2, -0.15) is 4.98 Å². The van der Waals surface area contributed by atoms with Crippen LogP contribution in [0.5, 0.6) is 0 Å². The first-order valence-electron chi connectivity index (χ1n) is 8.05. The predicted octanol–water partition coefficient (Wildman–Crippen LogP) is -13.2. The van der Waals surface area contributed by atoms with Crippen molar-refractivity contribution >= 4 is 40.6 Å². The summed E-state index contributed by atoms with van der Waals surface area (Å²) in [5.41, 5.74) is 4.41. The van der Waals surface area contributed by atoms with E-state index < -0.39 is 60.2 Å². The van der Waals surface area contributed by atoms with Gasteiger partial charge in [-0.05, 0) is 0 Å². The molecule has 1 saturated heterocycles. The first-order chi connectivity index (χ1) is 14.6. The van der Waals surface area contributed by atoms with Gasteiger partial charge in [-0.15, -0.1) is 0 Å². The van der Waals surface area contributed by atoms with Gasteiger partial charge >= 0.3 is 88.7 Å². The molecular formula is C10H13N5Na3O14P3. The van der Waals surface area contributed by atoms with Crippen molar-refractivity contribution in [2.45, 2.75) is 24.5 Å². The Kier molecular flexibility index (Phi) is 14.2. The van der Waals surface area contributed by atoms with Gasteiger partial charge in [0.25, 0.3) is 29.0 Å². The molecule has 1 fully saturated rings. The van der Waals surface area contributed by atoms with E-state index in [1.54, 1.807) is 0 Å². The summed E-state index contributed by atoms with van der Waals surface area (Å²) in [5, 5.41) is 20.3. The number of nitrogens with two attached hydrogens (primary N) is 1. The molecule has 3 rings (SSSR count). The molecule has 6 N–H and O–H groups in total. The van der Waals surface area contributed by atoms with Crippen molar-refractivity contribution in [2.75, 3.05) is 12.3 Å². The van der Waals surface area contributed by atoms with Crippen LogP contribution in [-0.4, -0.2) is 59.5 Å². The number of phosphoric acid groups is 3. The number of nitrogen functional groups attached to an aromatic ring is 1. The minimum atomic E-state index is -6.11. The number of H-pyrrole nitrogens is 1. The summed E-state index contributed by atoms with van der Waals surface area (Å²) >= 11 is 0. The van der Waals surface area contributed by atoms with E-state index in [9.17, 15) is 43.4 Å². The molecular weight excluding hydrogens is 576 g/mol. The van der Waals surface area contributed by atoms with Crippen LogP contribution in [0.3, 0.4) is 0 Å². The van der Waals surface area contributed by atoms with E-state index in [1.807, 2.05) is 0 Å². The summed E-state index contributed by atoms with van der Waals surface area (Å²) in [4.78, 5) is 63.2. The third-order valence-electron chi connectivity index (χ3n) is 3.86. The van der Waals surface area contributed by atoms with E-state index in [1.165, 1.54) is 0 Å². The van der Waals surface area contributed by atoms with E-state index in [4.69, 9.17) is 15.4 Å². The summed E-state index contributed by atoms with van der Waals surface area (Å²) in [7, 11) is -17.8. The fourth-order valence-electron chi connectivity index (χ4n) is 2.68. The SMILES string of the molecule is Nc1nc2c(ncn2[C@@H]2OC(COP(=O)([O-])OP(=O)([O-])OP(=O)([O-])O)[C@@H](O)C2O)c(=O)[nH]1.[Na+].[Na+].[Na+]. The number of aliphatic hydroxyl groups is 2. The Labute approximate surface area is 261 Å². The molecule has 25 heteroatoms. The standard InChI is InChI=1S/C10H16N5O14P3.3Na/c11-10-13-7-4(8(18)14-10)12-2-15(7)9-6(17)5(16)3(27-9)1-26-31(22,23)29-32(24,25)28-30(19,20)21;;;/h2-3,5-6,9,16-17H,1H2,(H,22,23)(H,24,25)(H2,19,20,21)(H3,11,13,14,18);;;/q;3*+1/p-3/t3?,5-,6?,9-;;;/m1.../s1. The van der Waals surface area contributed by atoms with Crippen LogP contribution < -0.4 is 115 Å². The molecule has 35 heavy (non-hydrogen) atoms. The van der Waals surface area contributed by atoms with Crippen LogP contribution >= 0.6 is 23.5 Å². The number of ether oxygens (including phenoxy) is 1. The van der Waals surface area contributed by atoms with E-state index in [0.717, 1.165) is 10.9 Å². The molecule has 0 aliphatic carbocycles. The minimum absolute atomic E-state index is 0. The number of fused-ring (bicyclic) bond motifs is 1. The summed E-state index contributed by atoms with van der Waals surface area (Å²) in [5.74, 6) is -0.295. The quantitative estimate of drug-likeness (QED) is 0.141. The molecule has 1 aliphatic rings. The number of nitrogens with one attached hydrogen (secondary N) is 1. The molecule has 5 unspecified atom stereocenters. The second kappa shape index (κ2) is 13.7. The molecule has 180 valence electrons. The fourth-order valence-corrected chi connectivity index (χ4v) is 5.57. The Morgan fingerprint density at radius 3 is 2.29 bits per heavy atom. The van der Waals surface area contributed by atoms with Crippen LogP contribution in [0.2, 0.25) is 0 Å². The number of rotatable bonds is 8. The van der Waals surface area contributed by atoms with E-state index in [0.29, 0.717) is 0 Å². The van der Waals surface area contributed by atoms with E-state index in [2.05, 4.69) is 28.1 Å². The third-order valence-corrected chi connectivity index (χ3v) is 7.55. The number of imidazole rings is 1. The number of hydrogen-bond acceptors (Lipinski definition) is 16. The molecule has 7 atom stereocenters. The number of phosphoric ester groups is 1. The normalized spacial score (nSPS) is 26.9. The molecule has 0 radical (unpaired) electrons. The van der Waals surface area contributed by atoms with Crippen LogP contribution in [0, 0.1) is 0 Å². The van der Waals surface area contributed by atoms with Crippen molar-refractivity contribution in [1.29, 1.82) is 0 Å². The van der Waals surface area contributed by atoms with Gasteiger partial charge in [-0.3, -0.25) is 28.0 Å². The zero-order valence-corrected chi connectivity index (χ0v) is 26.9. The van der Waals surface area contributed by atoms with Gasteiger partial charge < -0.3 is 44.8 Å². The Morgan fingerprint density at radius 2 is 1.71 bits per heavy atom. The topological polar surface area (TPSA) is 308 Å². The average molecular weight is 589 g/mol. The minimum Gasteiger partial charge on any atom is -0.756 e. The number of aromatic amines is 1. The summed E-state index contributed by atoms with van der Waals surface area (Å²) in [6.07, 6.45) is -5.57. The second-order valence-electron chi connectivity index (χ2n) is 6.14. The summed E-state index contributed by atoms with van der Waals surface area (Å²) in [6.45, 7) is -1.12. The molecule has 2 aromatic heterocycles. The Morgan fingerprint density at radius 1 is 1.11 bits per heavy atom. The summed E-state index contributed by atoms with van der Waals surface area (Å²) in [6, 6.07) is 0. The van der Waals surface area contributed by atoms with Crippen LogP contribution in [0.25, 0.3) is 11.2 Å². The van der Waals surface area contributed by atoms with Gasteiger partial charge in [0.2, 0.25) is 5.95 Å². The number of hydrogen-bond donors (Lipinski definition) is 5. The zero-order chi connectivity index (χ0) is 24.1. The monoisotopic (exact) mass is 589 g/mol. The number of anilines is 1. The molecule has 19 nitrogen and oxygen atoms in total. The van der Waals surface area contributed by atoms with Crippen LogP contribution in [0.1, 0.15) is 6.23 Å². The third kappa shape index (κ3) is 9.54. The van der Waals surface area contributed by atoms with Gasteiger partial charge in [-0.25, -0.2) is 13.6 Å². The Bertz CT molecular complexity index is 1220.